The minimum absolute atomic E-state index is 0.0582. The lowest BCUT2D eigenvalue weighted by atomic mass is 10.2. The molecule has 0 saturated heterocycles. The smallest absolute Gasteiger partial charge is 0.279 e. The Kier molecular flexibility index (Phi) is 7.21. The molecule has 1 heterocycles. The van der Waals surface area contributed by atoms with Crippen molar-refractivity contribution in [2.24, 2.45) is 0 Å². The number of ether oxygens (including phenoxy) is 1. The number of quaternary nitrogens is 1. The molecule has 3 aromatic rings. The van der Waals surface area contributed by atoms with Crippen LogP contribution in [0, 0.1) is 6.92 Å². The summed E-state index contributed by atoms with van der Waals surface area (Å²) in [5, 5.41) is 7.80. The van der Waals surface area contributed by atoms with Crippen LogP contribution in [0.5, 0.6) is 5.75 Å². The molecular formula is C23H26N3O3S+. The highest BCUT2D eigenvalue weighted by Crippen LogP contribution is 2.17. The first kappa shape index (κ1) is 21.5. The summed E-state index contributed by atoms with van der Waals surface area (Å²) in [6.45, 7) is 3.28. The SMILES string of the molecule is COc1ccc(NC(=O)c2ccc(NC(=O)C[NH+](C)Cc3sccc3C)cc2)cc1. The Morgan fingerprint density at radius 3 is 2.20 bits per heavy atom. The van der Waals surface area contributed by atoms with Crippen molar-refractivity contribution < 1.29 is 19.2 Å². The maximum atomic E-state index is 12.4. The zero-order valence-corrected chi connectivity index (χ0v) is 18.1. The van der Waals surface area contributed by atoms with Crippen LogP contribution in [-0.2, 0) is 11.3 Å². The number of nitrogens with one attached hydrogen (secondary N) is 3. The molecule has 2 amide bonds. The van der Waals surface area contributed by atoms with E-state index in [0.717, 1.165) is 17.2 Å². The van der Waals surface area contributed by atoms with Gasteiger partial charge in [0, 0.05) is 16.9 Å². The molecule has 3 N–H and O–H groups in total. The third-order valence-electron chi connectivity index (χ3n) is 4.67. The summed E-state index contributed by atoms with van der Waals surface area (Å²) in [6.07, 6.45) is 0. The summed E-state index contributed by atoms with van der Waals surface area (Å²) in [5.74, 6) is 0.455. The monoisotopic (exact) mass is 424 g/mol. The molecule has 0 aliphatic rings. The molecule has 1 aromatic heterocycles. The maximum absolute atomic E-state index is 12.4. The van der Waals surface area contributed by atoms with Gasteiger partial charge in [0.05, 0.1) is 19.0 Å². The summed E-state index contributed by atoms with van der Waals surface area (Å²) in [6, 6.07) is 16.1. The first-order chi connectivity index (χ1) is 14.4. The molecule has 0 radical (unpaired) electrons. The highest BCUT2D eigenvalue weighted by Gasteiger charge is 2.13. The van der Waals surface area contributed by atoms with E-state index in [2.05, 4.69) is 29.0 Å². The average Bonchev–Trinajstić information content (AvgIpc) is 3.13. The van der Waals surface area contributed by atoms with Crippen LogP contribution in [-0.4, -0.2) is 32.5 Å². The van der Waals surface area contributed by atoms with E-state index in [1.807, 2.05) is 7.05 Å². The number of carbonyl (C=O) groups is 2. The van der Waals surface area contributed by atoms with Gasteiger partial charge in [-0.3, -0.25) is 9.59 Å². The number of carbonyl (C=O) groups excluding carboxylic acids is 2. The lowest BCUT2D eigenvalue weighted by Crippen LogP contribution is -3.08. The van der Waals surface area contributed by atoms with Crippen molar-refractivity contribution in [2.45, 2.75) is 13.5 Å². The minimum atomic E-state index is -0.214. The molecule has 3 rings (SSSR count). The number of amides is 2. The van der Waals surface area contributed by atoms with E-state index in [1.54, 1.807) is 67.0 Å². The molecule has 156 valence electrons. The topological polar surface area (TPSA) is 71.9 Å². The van der Waals surface area contributed by atoms with Gasteiger partial charge in [0.25, 0.3) is 11.8 Å². The van der Waals surface area contributed by atoms with Crippen molar-refractivity contribution in [1.82, 2.24) is 0 Å². The number of methoxy groups -OCH3 is 1. The summed E-state index contributed by atoms with van der Waals surface area (Å²) in [5.41, 5.74) is 3.13. The van der Waals surface area contributed by atoms with Gasteiger partial charge < -0.3 is 20.3 Å². The fourth-order valence-electron chi connectivity index (χ4n) is 2.98. The zero-order chi connectivity index (χ0) is 21.5. The van der Waals surface area contributed by atoms with Crippen molar-refractivity contribution in [2.75, 3.05) is 31.3 Å². The average molecular weight is 425 g/mol. The summed E-state index contributed by atoms with van der Waals surface area (Å²) < 4.78 is 5.11. The first-order valence-corrected chi connectivity index (χ1v) is 10.5. The van der Waals surface area contributed by atoms with Crippen LogP contribution in [0.25, 0.3) is 0 Å². The minimum Gasteiger partial charge on any atom is -0.497 e. The van der Waals surface area contributed by atoms with Crippen molar-refractivity contribution in [3.63, 3.8) is 0 Å². The van der Waals surface area contributed by atoms with Gasteiger partial charge in [-0.2, -0.15) is 0 Å². The van der Waals surface area contributed by atoms with Gasteiger partial charge in [0.1, 0.15) is 12.3 Å². The lowest BCUT2D eigenvalue weighted by molar-refractivity contribution is -0.884. The van der Waals surface area contributed by atoms with Crippen LogP contribution >= 0.6 is 11.3 Å². The number of benzene rings is 2. The second-order valence-electron chi connectivity index (χ2n) is 7.15. The maximum Gasteiger partial charge on any atom is 0.279 e. The molecule has 0 bridgehead atoms. The highest BCUT2D eigenvalue weighted by molar-refractivity contribution is 7.10. The zero-order valence-electron chi connectivity index (χ0n) is 17.3. The van der Waals surface area contributed by atoms with E-state index in [0.29, 0.717) is 23.5 Å². The Morgan fingerprint density at radius 2 is 1.60 bits per heavy atom. The van der Waals surface area contributed by atoms with E-state index < -0.39 is 0 Å². The van der Waals surface area contributed by atoms with Crippen LogP contribution in [0.15, 0.2) is 60.0 Å². The van der Waals surface area contributed by atoms with Crippen LogP contribution in [0.1, 0.15) is 20.8 Å². The Bertz CT molecular complexity index is 997. The van der Waals surface area contributed by atoms with E-state index in [4.69, 9.17) is 4.74 Å². The highest BCUT2D eigenvalue weighted by atomic mass is 32.1. The molecule has 6 nitrogen and oxygen atoms in total. The van der Waals surface area contributed by atoms with Gasteiger partial charge in [-0.15, -0.1) is 11.3 Å². The molecule has 7 heteroatoms. The van der Waals surface area contributed by atoms with Crippen LogP contribution in [0.4, 0.5) is 11.4 Å². The number of hydrogen-bond acceptors (Lipinski definition) is 4. The molecule has 1 atom stereocenters. The Labute approximate surface area is 180 Å². The summed E-state index contributed by atoms with van der Waals surface area (Å²) >= 11 is 1.72. The third kappa shape index (κ3) is 5.92. The molecule has 0 spiro atoms. The molecule has 0 fully saturated rings. The van der Waals surface area contributed by atoms with Crippen molar-refractivity contribution in [3.05, 3.63) is 76.0 Å². The fraction of sp³-hybridized carbons (Fsp3) is 0.217. The van der Waals surface area contributed by atoms with Gasteiger partial charge in [-0.05, 0) is 72.5 Å². The van der Waals surface area contributed by atoms with Crippen molar-refractivity contribution in [3.8, 4) is 5.75 Å². The number of anilines is 2. The lowest BCUT2D eigenvalue weighted by Gasteiger charge is -2.13. The predicted molar refractivity (Wildman–Crippen MR) is 121 cm³/mol. The molecule has 2 aromatic carbocycles. The largest absolute Gasteiger partial charge is 0.497 e. The molecular weight excluding hydrogens is 398 g/mol. The van der Waals surface area contributed by atoms with Crippen LogP contribution in [0.2, 0.25) is 0 Å². The quantitative estimate of drug-likeness (QED) is 0.521. The Hall–Kier alpha value is -3.16. The third-order valence-corrected chi connectivity index (χ3v) is 5.69. The van der Waals surface area contributed by atoms with Crippen molar-refractivity contribution in [1.29, 1.82) is 0 Å². The van der Waals surface area contributed by atoms with E-state index in [-0.39, 0.29) is 11.8 Å². The molecule has 0 saturated carbocycles. The standard InChI is InChI=1S/C23H25N3O3S/c1-16-12-13-30-21(16)14-26(2)15-22(27)24-18-6-4-17(5-7-18)23(28)25-19-8-10-20(29-3)11-9-19/h4-13H,14-15H2,1-3H3,(H,24,27)(H,25,28)/p+1. The van der Waals surface area contributed by atoms with Gasteiger partial charge in [0.2, 0.25) is 0 Å². The number of rotatable bonds is 8. The normalized spacial score (nSPS) is 11.6. The molecule has 30 heavy (non-hydrogen) atoms. The summed E-state index contributed by atoms with van der Waals surface area (Å²) in [4.78, 5) is 27.1. The number of likely N-dealkylation sites (N-methyl/N-ethyl adjacent to an activating group) is 1. The fourth-order valence-corrected chi connectivity index (χ4v) is 4.00. The van der Waals surface area contributed by atoms with E-state index in [9.17, 15) is 9.59 Å². The van der Waals surface area contributed by atoms with Gasteiger partial charge in [-0.1, -0.05) is 0 Å². The van der Waals surface area contributed by atoms with Crippen molar-refractivity contribution >= 4 is 34.5 Å². The second kappa shape index (κ2) is 10.0. The molecule has 0 aliphatic heterocycles. The predicted octanol–water partition coefficient (Wildman–Crippen LogP) is 2.97. The van der Waals surface area contributed by atoms with Crippen LogP contribution < -0.4 is 20.3 Å². The number of thiophene rings is 1. The number of aryl methyl sites for hydroxylation is 1. The Balaban J connectivity index is 1.51. The van der Waals surface area contributed by atoms with Gasteiger partial charge in [0.15, 0.2) is 6.54 Å². The van der Waals surface area contributed by atoms with Gasteiger partial charge >= 0.3 is 0 Å². The van der Waals surface area contributed by atoms with Gasteiger partial charge in [-0.25, -0.2) is 0 Å². The second-order valence-corrected chi connectivity index (χ2v) is 8.15. The van der Waals surface area contributed by atoms with E-state index in [1.165, 1.54) is 10.4 Å². The van der Waals surface area contributed by atoms with Crippen LogP contribution in [0.3, 0.4) is 0 Å². The molecule has 1 unspecified atom stereocenters. The first-order valence-electron chi connectivity index (χ1n) is 9.64. The Morgan fingerprint density at radius 1 is 0.967 bits per heavy atom. The van der Waals surface area contributed by atoms with E-state index >= 15 is 0 Å². The summed E-state index contributed by atoms with van der Waals surface area (Å²) in [7, 11) is 3.60. The number of hydrogen-bond donors (Lipinski definition) is 3. The molecule has 0 aliphatic carbocycles.